The van der Waals surface area contributed by atoms with E-state index < -0.39 is 0 Å². The second-order valence-corrected chi connectivity index (χ2v) is 5.41. The van der Waals surface area contributed by atoms with Crippen molar-refractivity contribution >= 4 is 0 Å². The van der Waals surface area contributed by atoms with Gasteiger partial charge in [0.05, 0.1) is 18.1 Å². The van der Waals surface area contributed by atoms with E-state index in [0.29, 0.717) is 0 Å². The molecular weight excluding hydrogens is 236 g/mol. The molecular formula is C15H30N4. The maximum Gasteiger partial charge on any atom is 0.0946 e. The lowest BCUT2D eigenvalue weighted by atomic mass is 10.0. The van der Waals surface area contributed by atoms with Gasteiger partial charge in [0.25, 0.3) is 0 Å². The van der Waals surface area contributed by atoms with Crippen LogP contribution in [0.25, 0.3) is 0 Å². The zero-order chi connectivity index (χ0) is 13.9. The highest BCUT2D eigenvalue weighted by molar-refractivity contribution is 5.04. The van der Waals surface area contributed by atoms with E-state index in [9.17, 15) is 0 Å². The number of nitrogens with two attached hydrogens (primary N) is 1. The summed E-state index contributed by atoms with van der Waals surface area (Å²) in [6.45, 7) is 2.26. The van der Waals surface area contributed by atoms with Gasteiger partial charge in [-0.05, 0) is 6.42 Å². The van der Waals surface area contributed by atoms with E-state index in [1.807, 2.05) is 24.1 Å². The number of unbranched alkanes of at least 4 members (excludes halogenated alkanes) is 7. The van der Waals surface area contributed by atoms with Crippen LogP contribution in [0.3, 0.4) is 0 Å². The molecule has 1 aromatic rings. The molecule has 1 rings (SSSR count). The number of imidazole rings is 1. The van der Waals surface area contributed by atoms with Crippen LogP contribution in [0.4, 0.5) is 0 Å². The van der Waals surface area contributed by atoms with Crippen molar-refractivity contribution in [1.29, 1.82) is 0 Å². The van der Waals surface area contributed by atoms with Crippen molar-refractivity contribution in [2.24, 2.45) is 12.9 Å². The highest BCUT2D eigenvalue weighted by Gasteiger charge is 2.12. The van der Waals surface area contributed by atoms with Crippen LogP contribution in [0.5, 0.6) is 0 Å². The number of nitrogens with zero attached hydrogens (tertiary/aromatic N) is 2. The Morgan fingerprint density at radius 3 is 2.32 bits per heavy atom. The van der Waals surface area contributed by atoms with Gasteiger partial charge in [0.2, 0.25) is 0 Å². The third kappa shape index (κ3) is 6.21. The average molecular weight is 266 g/mol. The lowest BCUT2D eigenvalue weighted by molar-refractivity contribution is 0.457. The minimum Gasteiger partial charge on any atom is -0.336 e. The van der Waals surface area contributed by atoms with Gasteiger partial charge < -0.3 is 4.57 Å². The molecule has 0 aromatic carbocycles. The largest absolute Gasteiger partial charge is 0.336 e. The second kappa shape index (κ2) is 9.98. The molecule has 110 valence electrons. The van der Waals surface area contributed by atoms with Crippen molar-refractivity contribution in [1.82, 2.24) is 15.0 Å². The normalized spacial score (nSPS) is 12.8. The van der Waals surface area contributed by atoms with Crippen LogP contribution in [-0.2, 0) is 7.05 Å². The summed E-state index contributed by atoms with van der Waals surface area (Å²) in [5, 5.41) is 0. The fourth-order valence-electron chi connectivity index (χ4n) is 2.50. The molecule has 0 saturated carbocycles. The molecule has 0 bridgehead atoms. The van der Waals surface area contributed by atoms with Crippen molar-refractivity contribution in [3.8, 4) is 0 Å². The Kier molecular flexibility index (Phi) is 8.50. The predicted octanol–water partition coefficient (Wildman–Crippen LogP) is 3.46. The van der Waals surface area contributed by atoms with E-state index in [2.05, 4.69) is 17.3 Å². The molecule has 0 aliphatic rings. The van der Waals surface area contributed by atoms with Gasteiger partial charge >= 0.3 is 0 Å². The Labute approximate surface area is 117 Å². The Balaban J connectivity index is 2.09. The Morgan fingerprint density at radius 1 is 1.16 bits per heavy atom. The predicted molar refractivity (Wildman–Crippen MR) is 80.5 cm³/mol. The number of nitrogens with one attached hydrogen (secondary N) is 1. The average Bonchev–Trinajstić information content (AvgIpc) is 2.83. The van der Waals surface area contributed by atoms with E-state index in [0.717, 1.165) is 6.42 Å². The van der Waals surface area contributed by atoms with Crippen LogP contribution in [-0.4, -0.2) is 9.55 Å². The summed E-state index contributed by atoms with van der Waals surface area (Å²) >= 11 is 0. The van der Waals surface area contributed by atoms with Crippen molar-refractivity contribution in [2.45, 2.75) is 70.8 Å². The first-order valence-electron chi connectivity index (χ1n) is 7.72. The Hall–Kier alpha value is -0.870. The van der Waals surface area contributed by atoms with Crippen LogP contribution in [0.2, 0.25) is 0 Å². The fraction of sp³-hybridized carbons (Fsp3) is 0.800. The summed E-state index contributed by atoms with van der Waals surface area (Å²) in [6.07, 6.45) is 15.6. The second-order valence-electron chi connectivity index (χ2n) is 5.41. The zero-order valence-corrected chi connectivity index (χ0v) is 12.6. The Morgan fingerprint density at radius 2 is 1.79 bits per heavy atom. The van der Waals surface area contributed by atoms with Gasteiger partial charge in [-0.3, -0.25) is 11.3 Å². The van der Waals surface area contributed by atoms with E-state index in [-0.39, 0.29) is 6.04 Å². The molecule has 0 fully saturated rings. The Bertz CT molecular complexity index is 322. The number of aryl methyl sites for hydroxylation is 1. The van der Waals surface area contributed by atoms with Crippen molar-refractivity contribution in [3.63, 3.8) is 0 Å². The first kappa shape index (κ1) is 16.2. The molecule has 19 heavy (non-hydrogen) atoms. The third-order valence-corrected chi connectivity index (χ3v) is 3.76. The molecule has 0 saturated heterocycles. The molecule has 1 aromatic heterocycles. The van der Waals surface area contributed by atoms with Gasteiger partial charge in [0.1, 0.15) is 0 Å². The van der Waals surface area contributed by atoms with E-state index in [4.69, 9.17) is 5.84 Å². The molecule has 1 heterocycles. The molecule has 0 aliphatic heterocycles. The first-order chi connectivity index (χ1) is 9.29. The summed E-state index contributed by atoms with van der Waals surface area (Å²) in [5.74, 6) is 5.64. The minimum absolute atomic E-state index is 0.229. The molecule has 4 nitrogen and oxygen atoms in total. The highest BCUT2D eigenvalue weighted by atomic mass is 15.2. The van der Waals surface area contributed by atoms with Crippen LogP contribution >= 0.6 is 0 Å². The summed E-state index contributed by atoms with van der Waals surface area (Å²) < 4.78 is 2.04. The van der Waals surface area contributed by atoms with E-state index in [1.165, 1.54) is 57.1 Å². The van der Waals surface area contributed by atoms with Gasteiger partial charge in [-0.2, -0.15) is 0 Å². The van der Waals surface area contributed by atoms with Crippen molar-refractivity contribution in [2.75, 3.05) is 0 Å². The third-order valence-electron chi connectivity index (χ3n) is 3.76. The molecule has 1 unspecified atom stereocenters. The summed E-state index contributed by atoms with van der Waals surface area (Å²) in [5.41, 5.74) is 4.07. The lowest BCUT2D eigenvalue weighted by Crippen LogP contribution is -2.29. The maximum atomic E-state index is 5.64. The van der Waals surface area contributed by atoms with Gasteiger partial charge in [-0.1, -0.05) is 58.3 Å². The summed E-state index contributed by atoms with van der Waals surface area (Å²) in [4.78, 5) is 4.14. The molecule has 3 N–H and O–H groups in total. The highest BCUT2D eigenvalue weighted by Crippen LogP contribution is 2.19. The van der Waals surface area contributed by atoms with Gasteiger partial charge in [-0.25, -0.2) is 4.98 Å². The van der Waals surface area contributed by atoms with Crippen LogP contribution in [0, 0.1) is 0 Å². The number of hydrazine groups is 1. The van der Waals surface area contributed by atoms with E-state index >= 15 is 0 Å². The first-order valence-corrected chi connectivity index (χ1v) is 7.72. The van der Waals surface area contributed by atoms with Crippen molar-refractivity contribution in [3.05, 3.63) is 18.2 Å². The molecule has 0 aliphatic carbocycles. The topological polar surface area (TPSA) is 55.9 Å². The minimum atomic E-state index is 0.229. The standard InChI is InChI=1S/C15H30N4/c1-3-4-5-6-7-8-9-10-11-14(18-16)15-12-17-13-19(15)2/h12-14,18H,3-11,16H2,1-2H3. The van der Waals surface area contributed by atoms with Gasteiger partial charge in [0, 0.05) is 13.2 Å². The lowest BCUT2D eigenvalue weighted by Gasteiger charge is -2.16. The molecule has 0 amide bonds. The monoisotopic (exact) mass is 266 g/mol. The smallest absolute Gasteiger partial charge is 0.0946 e. The number of hydrogen-bond acceptors (Lipinski definition) is 3. The molecule has 4 heteroatoms. The summed E-state index contributed by atoms with van der Waals surface area (Å²) in [7, 11) is 2.01. The summed E-state index contributed by atoms with van der Waals surface area (Å²) in [6, 6.07) is 0.229. The quantitative estimate of drug-likeness (QED) is 0.366. The van der Waals surface area contributed by atoms with Crippen molar-refractivity contribution < 1.29 is 0 Å². The van der Waals surface area contributed by atoms with E-state index in [1.54, 1.807) is 0 Å². The zero-order valence-electron chi connectivity index (χ0n) is 12.6. The maximum absolute atomic E-state index is 5.64. The molecule has 0 radical (unpaired) electrons. The van der Waals surface area contributed by atoms with Crippen LogP contribution in [0.15, 0.2) is 12.5 Å². The molecule has 0 spiro atoms. The van der Waals surface area contributed by atoms with Crippen LogP contribution < -0.4 is 11.3 Å². The number of aromatic nitrogens is 2. The number of rotatable bonds is 11. The van der Waals surface area contributed by atoms with Gasteiger partial charge in [0.15, 0.2) is 0 Å². The molecule has 1 atom stereocenters. The van der Waals surface area contributed by atoms with Gasteiger partial charge in [-0.15, -0.1) is 0 Å². The van der Waals surface area contributed by atoms with Crippen LogP contribution in [0.1, 0.15) is 76.4 Å². The SMILES string of the molecule is CCCCCCCCCCC(NN)c1cncn1C. The fourth-order valence-corrected chi connectivity index (χ4v) is 2.50. The number of hydrogen-bond donors (Lipinski definition) is 2.